The Balaban J connectivity index is 1.58. The van der Waals surface area contributed by atoms with Crippen molar-refractivity contribution in [2.24, 2.45) is 0 Å². The number of rotatable bonds is 3. The molecule has 0 radical (unpaired) electrons. The number of carbonyl (C=O) groups is 1. The van der Waals surface area contributed by atoms with Gasteiger partial charge in [0.2, 0.25) is 5.76 Å². The Morgan fingerprint density at radius 2 is 2.04 bits per heavy atom. The first kappa shape index (κ1) is 16.2. The Labute approximate surface area is 141 Å². The van der Waals surface area contributed by atoms with Crippen LogP contribution in [-0.2, 0) is 6.54 Å². The number of carbonyl (C=O) groups excluding carboxylic acids is 1. The highest BCUT2D eigenvalue weighted by Gasteiger charge is 2.23. The average Bonchev–Trinajstić information content (AvgIpc) is 2.90. The first-order valence-electron chi connectivity index (χ1n) is 8.10. The summed E-state index contributed by atoms with van der Waals surface area (Å²) in [6, 6.07) is 11.5. The molecule has 0 unspecified atom stereocenters. The second kappa shape index (κ2) is 7.28. The molecule has 1 aliphatic rings. The number of aromatic nitrogens is 1. The number of amides is 1. The number of benzene rings is 1. The summed E-state index contributed by atoms with van der Waals surface area (Å²) in [7, 11) is 0. The molecular formula is C18H20N4O2. The van der Waals surface area contributed by atoms with Crippen LogP contribution in [0.25, 0.3) is 0 Å². The number of nitrogens with zero attached hydrogens (tertiary/aromatic N) is 4. The van der Waals surface area contributed by atoms with Crippen molar-refractivity contribution in [2.45, 2.75) is 19.9 Å². The number of aryl methyl sites for hydroxylation is 1. The molecule has 6 heteroatoms. The lowest BCUT2D eigenvalue weighted by molar-refractivity contribution is 0.0719. The Bertz CT molecular complexity index is 745. The van der Waals surface area contributed by atoms with E-state index in [0.717, 1.165) is 38.3 Å². The molecule has 1 fully saturated rings. The maximum Gasteiger partial charge on any atom is 0.292 e. The lowest BCUT2D eigenvalue weighted by atomic mass is 10.1. The van der Waals surface area contributed by atoms with Crippen LogP contribution in [0.5, 0.6) is 0 Å². The van der Waals surface area contributed by atoms with Crippen LogP contribution in [0.2, 0.25) is 0 Å². The zero-order valence-electron chi connectivity index (χ0n) is 13.7. The molecule has 124 valence electrons. The zero-order valence-corrected chi connectivity index (χ0v) is 13.7. The van der Waals surface area contributed by atoms with Gasteiger partial charge in [-0.05, 0) is 31.0 Å². The number of nitriles is 1. The van der Waals surface area contributed by atoms with Crippen LogP contribution in [0.4, 0.5) is 0 Å². The Hall–Kier alpha value is -2.65. The van der Waals surface area contributed by atoms with Gasteiger partial charge >= 0.3 is 0 Å². The SMILES string of the molecule is Cc1cc(C(=O)N2CCCN(Cc3ccc(C#N)cc3)CC2)on1. The Morgan fingerprint density at radius 3 is 2.71 bits per heavy atom. The monoisotopic (exact) mass is 324 g/mol. The highest BCUT2D eigenvalue weighted by atomic mass is 16.5. The minimum Gasteiger partial charge on any atom is -0.351 e. The van der Waals surface area contributed by atoms with Crippen molar-refractivity contribution in [3.8, 4) is 6.07 Å². The van der Waals surface area contributed by atoms with Gasteiger partial charge in [-0.1, -0.05) is 17.3 Å². The minimum atomic E-state index is -0.0872. The molecule has 0 N–H and O–H groups in total. The van der Waals surface area contributed by atoms with E-state index in [1.54, 1.807) is 6.07 Å². The van der Waals surface area contributed by atoms with E-state index in [4.69, 9.17) is 9.78 Å². The van der Waals surface area contributed by atoms with Crippen LogP contribution in [-0.4, -0.2) is 47.0 Å². The average molecular weight is 324 g/mol. The van der Waals surface area contributed by atoms with Crippen LogP contribution >= 0.6 is 0 Å². The van der Waals surface area contributed by atoms with Crippen molar-refractivity contribution in [3.63, 3.8) is 0 Å². The van der Waals surface area contributed by atoms with Crippen molar-refractivity contribution in [1.82, 2.24) is 15.0 Å². The van der Waals surface area contributed by atoms with Gasteiger partial charge in [0.15, 0.2) is 0 Å². The second-order valence-corrected chi connectivity index (χ2v) is 6.06. The van der Waals surface area contributed by atoms with Crippen LogP contribution in [0.15, 0.2) is 34.9 Å². The fraction of sp³-hybridized carbons (Fsp3) is 0.389. The summed E-state index contributed by atoms with van der Waals surface area (Å²) in [5.41, 5.74) is 2.57. The maximum absolute atomic E-state index is 12.4. The normalized spacial score (nSPS) is 15.8. The predicted octanol–water partition coefficient (Wildman–Crippen LogP) is 2.20. The molecule has 1 saturated heterocycles. The summed E-state index contributed by atoms with van der Waals surface area (Å²) in [5.74, 6) is 0.226. The maximum atomic E-state index is 12.4. The van der Waals surface area contributed by atoms with Crippen molar-refractivity contribution >= 4 is 5.91 Å². The molecule has 0 aliphatic carbocycles. The molecule has 6 nitrogen and oxygen atoms in total. The number of hydrogen-bond donors (Lipinski definition) is 0. The summed E-state index contributed by atoms with van der Waals surface area (Å²) in [6.07, 6.45) is 0.926. The van der Waals surface area contributed by atoms with Crippen molar-refractivity contribution in [3.05, 3.63) is 52.9 Å². The summed E-state index contributed by atoms with van der Waals surface area (Å²) in [4.78, 5) is 16.6. The van der Waals surface area contributed by atoms with Gasteiger partial charge in [-0.25, -0.2) is 0 Å². The van der Waals surface area contributed by atoms with E-state index in [1.165, 1.54) is 5.56 Å². The molecule has 2 heterocycles. The topological polar surface area (TPSA) is 73.4 Å². The van der Waals surface area contributed by atoms with E-state index >= 15 is 0 Å². The molecule has 1 aliphatic heterocycles. The van der Waals surface area contributed by atoms with Gasteiger partial charge in [-0.2, -0.15) is 5.26 Å². The largest absolute Gasteiger partial charge is 0.351 e. The Morgan fingerprint density at radius 1 is 1.25 bits per heavy atom. The Kier molecular flexibility index (Phi) is 4.92. The standard InChI is InChI=1S/C18H20N4O2/c1-14-11-17(24-20-14)18(23)22-8-2-7-21(9-10-22)13-16-5-3-15(12-19)4-6-16/h3-6,11H,2,7-10,13H2,1H3. The van der Waals surface area contributed by atoms with Gasteiger partial charge in [-0.3, -0.25) is 9.69 Å². The molecule has 1 aromatic heterocycles. The lowest BCUT2D eigenvalue weighted by Gasteiger charge is -2.21. The minimum absolute atomic E-state index is 0.0872. The first-order chi connectivity index (χ1) is 11.7. The van der Waals surface area contributed by atoms with E-state index in [0.29, 0.717) is 17.9 Å². The van der Waals surface area contributed by atoms with Gasteiger partial charge < -0.3 is 9.42 Å². The molecule has 0 saturated carbocycles. The molecule has 1 amide bonds. The molecule has 0 bridgehead atoms. The van der Waals surface area contributed by atoms with Gasteiger partial charge in [0, 0.05) is 38.8 Å². The van der Waals surface area contributed by atoms with E-state index in [1.807, 2.05) is 36.1 Å². The quantitative estimate of drug-likeness (QED) is 0.865. The van der Waals surface area contributed by atoms with Crippen molar-refractivity contribution < 1.29 is 9.32 Å². The van der Waals surface area contributed by atoms with Crippen LogP contribution in [0.3, 0.4) is 0 Å². The molecule has 0 spiro atoms. The van der Waals surface area contributed by atoms with E-state index < -0.39 is 0 Å². The fourth-order valence-electron chi connectivity index (χ4n) is 2.90. The van der Waals surface area contributed by atoms with Crippen LogP contribution in [0, 0.1) is 18.3 Å². The third-order valence-corrected chi connectivity index (χ3v) is 4.20. The predicted molar refractivity (Wildman–Crippen MR) is 88.2 cm³/mol. The summed E-state index contributed by atoms with van der Waals surface area (Å²) in [6.45, 7) is 5.80. The molecule has 0 atom stereocenters. The van der Waals surface area contributed by atoms with Crippen molar-refractivity contribution in [2.75, 3.05) is 26.2 Å². The summed E-state index contributed by atoms with van der Waals surface area (Å²) >= 11 is 0. The fourth-order valence-corrected chi connectivity index (χ4v) is 2.90. The first-order valence-corrected chi connectivity index (χ1v) is 8.10. The molecule has 3 rings (SSSR count). The number of hydrogen-bond acceptors (Lipinski definition) is 5. The van der Waals surface area contributed by atoms with E-state index in [-0.39, 0.29) is 5.91 Å². The smallest absolute Gasteiger partial charge is 0.292 e. The van der Waals surface area contributed by atoms with Gasteiger partial charge in [0.05, 0.1) is 17.3 Å². The zero-order chi connectivity index (χ0) is 16.9. The summed E-state index contributed by atoms with van der Waals surface area (Å²) in [5, 5.41) is 12.6. The third-order valence-electron chi connectivity index (χ3n) is 4.20. The molecule has 1 aromatic carbocycles. The molecule has 24 heavy (non-hydrogen) atoms. The lowest BCUT2D eigenvalue weighted by Crippen LogP contribution is -2.34. The third kappa shape index (κ3) is 3.81. The van der Waals surface area contributed by atoms with Gasteiger partial charge in [0.1, 0.15) is 0 Å². The highest BCUT2D eigenvalue weighted by Crippen LogP contribution is 2.13. The van der Waals surface area contributed by atoms with Crippen LogP contribution in [0.1, 0.15) is 33.8 Å². The van der Waals surface area contributed by atoms with E-state index in [9.17, 15) is 4.79 Å². The van der Waals surface area contributed by atoms with Crippen molar-refractivity contribution in [1.29, 1.82) is 5.26 Å². The second-order valence-electron chi connectivity index (χ2n) is 6.06. The van der Waals surface area contributed by atoms with Gasteiger partial charge in [0.25, 0.3) is 5.91 Å². The van der Waals surface area contributed by atoms with Crippen LogP contribution < -0.4 is 0 Å². The molecule has 2 aromatic rings. The summed E-state index contributed by atoms with van der Waals surface area (Å²) < 4.78 is 5.08. The highest BCUT2D eigenvalue weighted by molar-refractivity contribution is 5.91. The van der Waals surface area contributed by atoms with E-state index in [2.05, 4.69) is 16.1 Å². The molecular weight excluding hydrogens is 304 g/mol. The van der Waals surface area contributed by atoms with Gasteiger partial charge in [-0.15, -0.1) is 0 Å².